The quantitative estimate of drug-likeness (QED) is 0.777. The van der Waals surface area contributed by atoms with Gasteiger partial charge in [-0.05, 0) is 31.9 Å². The maximum atomic E-state index is 13.8. The van der Waals surface area contributed by atoms with Crippen LogP contribution in [0.5, 0.6) is 0 Å². The number of furan rings is 1. The Morgan fingerprint density at radius 1 is 1.29 bits per heavy atom. The second kappa shape index (κ2) is 4.28. The third-order valence-corrected chi connectivity index (χ3v) is 3.87. The van der Waals surface area contributed by atoms with Gasteiger partial charge < -0.3 is 10.2 Å². The summed E-state index contributed by atoms with van der Waals surface area (Å²) in [5.74, 6) is 1.77. The van der Waals surface area contributed by atoms with Crippen molar-refractivity contribution in [1.82, 2.24) is 9.97 Å². The van der Waals surface area contributed by atoms with Crippen molar-refractivity contribution < 1.29 is 8.81 Å². The maximum Gasteiger partial charge on any atom is 0.170 e. The van der Waals surface area contributed by atoms with Crippen LogP contribution in [0.3, 0.4) is 0 Å². The van der Waals surface area contributed by atoms with Crippen LogP contribution >= 0.6 is 0 Å². The lowest BCUT2D eigenvalue weighted by molar-refractivity contribution is 0.567. The SMILES string of the molecule is Cc1c(N)nc(C2CC2)nc1-c1cc2cccc(F)c2o1. The molecule has 2 heterocycles. The van der Waals surface area contributed by atoms with E-state index in [4.69, 9.17) is 10.2 Å². The molecule has 4 nitrogen and oxygen atoms in total. The molecule has 21 heavy (non-hydrogen) atoms. The first-order valence-electron chi connectivity index (χ1n) is 6.96. The van der Waals surface area contributed by atoms with Crippen LogP contribution in [0.25, 0.3) is 22.4 Å². The van der Waals surface area contributed by atoms with Gasteiger partial charge in [-0.3, -0.25) is 0 Å². The molecule has 4 rings (SSSR count). The highest BCUT2D eigenvalue weighted by molar-refractivity contribution is 5.83. The Morgan fingerprint density at radius 3 is 2.81 bits per heavy atom. The number of hydrogen-bond acceptors (Lipinski definition) is 4. The van der Waals surface area contributed by atoms with Crippen LogP contribution in [-0.2, 0) is 0 Å². The number of halogens is 1. The predicted molar refractivity (Wildman–Crippen MR) is 78.3 cm³/mol. The van der Waals surface area contributed by atoms with Crippen molar-refractivity contribution in [3.8, 4) is 11.5 Å². The van der Waals surface area contributed by atoms with E-state index in [1.54, 1.807) is 12.1 Å². The smallest absolute Gasteiger partial charge is 0.170 e. The highest BCUT2D eigenvalue weighted by Gasteiger charge is 2.28. The average molecular weight is 283 g/mol. The molecule has 0 aliphatic heterocycles. The van der Waals surface area contributed by atoms with Crippen molar-refractivity contribution in [3.63, 3.8) is 0 Å². The summed E-state index contributed by atoms with van der Waals surface area (Å²) in [7, 11) is 0. The highest BCUT2D eigenvalue weighted by Crippen LogP contribution is 2.40. The van der Waals surface area contributed by atoms with E-state index in [0.717, 1.165) is 29.6 Å². The number of rotatable bonds is 2. The number of para-hydroxylation sites is 1. The highest BCUT2D eigenvalue weighted by atomic mass is 19.1. The van der Waals surface area contributed by atoms with Crippen molar-refractivity contribution in [2.75, 3.05) is 5.73 Å². The van der Waals surface area contributed by atoms with Gasteiger partial charge in [0.1, 0.15) is 17.3 Å². The Morgan fingerprint density at radius 2 is 2.10 bits per heavy atom. The molecular formula is C16H14FN3O. The Labute approximate surface area is 120 Å². The fourth-order valence-corrected chi connectivity index (χ4v) is 2.46. The van der Waals surface area contributed by atoms with E-state index in [1.165, 1.54) is 6.07 Å². The standard InChI is InChI=1S/C16H14FN3O/c1-8-13(19-16(9-5-6-9)20-15(8)18)12-7-10-3-2-4-11(17)14(10)21-12/h2-4,7,9H,5-6H2,1H3,(H2,18,19,20). The number of nitrogen functional groups attached to an aromatic ring is 1. The second-order valence-electron chi connectivity index (χ2n) is 5.48. The van der Waals surface area contributed by atoms with Crippen molar-refractivity contribution in [2.24, 2.45) is 0 Å². The van der Waals surface area contributed by atoms with Gasteiger partial charge in [-0.25, -0.2) is 14.4 Å². The van der Waals surface area contributed by atoms with Crippen LogP contribution in [0.4, 0.5) is 10.2 Å². The molecule has 2 aromatic heterocycles. The summed E-state index contributed by atoms with van der Waals surface area (Å²) in [6.45, 7) is 1.85. The van der Waals surface area contributed by atoms with Crippen molar-refractivity contribution in [2.45, 2.75) is 25.7 Å². The van der Waals surface area contributed by atoms with Crippen LogP contribution in [0, 0.1) is 12.7 Å². The predicted octanol–water partition coefficient (Wildman–Crippen LogP) is 3.80. The number of anilines is 1. The molecular weight excluding hydrogens is 269 g/mol. The average Bonchev–Trinajstić information content (AvgIpc) is 3.21. The normalized spacial score (nSPS) is 14.8. The van der Waals surface area contributed by atoms with Gasteiger partial charge in [0.25, 0.3) is 0 Å². The number of nitrogens with zero attached hydrogens (tertiary/aromatic N) is 2. The van der Waals surface area contributed by atoms with Crippen LogP contribution in [0.15, 0.2) is 28.7 Å². The molecule has 5 heteroatoms. The second-order valence-corrected chi connectivity index (χ2v) is 5.48. The van der Waals surface area contributed by atoms with Crippen molar-refractivity contribution >= 4 is 16.8 Å². The first-order chi connectivity index (χ1) is 10.1. The van der Waals surface area contributed by atoms with E-state index >= 15 is 0 Å². The van der Waals surface area contributed by atoms with E-state index in [-0.39, 0.29) is 11.4 Å². The van der Waals surface area contributed by atoms with E-state index in [1.807, 2.05) is 13.0 Å². The van der Waals surface area contributed by atoms with Crippen molar-refractivity contribution in [1.29, 1.82) is 0 Å². The third-order valence-electron chi connectivity index (χ3n) is 3.87. The summed E-state index contributed by atoms with van der Waals surface area (Å²) in [5, 5.41) is 0.717. The minimum Gasteiger partial charge on any atom is -0.451 e. The van der Waals surface area contributed by atoms with Gasteiger partial charge in [0.15, 0.2) is 17.2 Å². The molecule has 0 radical (unpaired) electrons. The summed E-state index contributed by atoms with van der Waals surface area (Å²) in [6.07, 6.45) is 2.19. The zero-order valence-electron chi connectivity index (χ0n) is 11.6. The fraction of sp³-hybridized carbons (Fsp3) is 0.250. The van der Waals surface area contributed by atoms with Gasteiger partial charge in [-0.1, -0.05) is 12.1 Å². The van der Waals surface area contributed by atoms with Crippen LogP contribution in [0.1, 0.15) is 30.1 Å². The Bertz CT molecular complexity index is 852. The Hall–Kier alpha value is -2.43. The molecule has 1 aliphatic rings. The minimum absolute atomic E-state index is 0.247. The van der Waals surface area contributed by atoms with Gasteiger partial charge in [0, 0.05) is 16.9 Å². The lowest BCUT2D eigenvalue weighted by Gasteiger charge is -2.07. The van der Waals surface area contributed by atoms with Crippen LogP contribution in [0.2, 0.25) is 0 Å². The van der Waals surface area contributed by atoms with E-state index < -0.39 is 0 Å². The molecule has 1 aromatic carbocycles. The first kappa shape index (κ1) is 12.3. The summed E-state index contributed by atoms with van der Waals surface area (Å²) in [6, 6.07) is 6.65. The topological polar surface area (TPSA) is 64.9 Å². The largest absolute Gasteiger partial charge is 0.451 e. The lowest BCUT2D eigenvalue weighted by atomic mass is 10.1. The van der Waals surface area contributed by atoms with Crippen LogP contribution in [-0.4, -0.2) is 9.97 Å². The summed E-state index contributed by atoms with van der Waals surface area (Å²) < 4.78 is 19.4. The van der Waals surface area contributed by atoms with Gasteiger partial charge in [-0.2, -0.15) is 0 Å². The molecule has 0 bridgehead atoms. The maximum absolute atomic E-state index is 13.8. The molecule has 0 saturated heterocycles. The monoisotopic (exact) mass is 283 g/mol. The Balaban J connectivity index is 1.93. The molecule has 2 N–H and O–H groups in total. The number of nitrogens with two attached hydrogens (primary N) is 1. The molecule has 0 spiro atoms. The van der Waals surface area contributed by atoms with Gasteiger partial charge in [0.05, 0.1) is 0 Å². The van der Waals surface area contributed by atoms with Gasteiger partial charge in [0.2, 0.25) is 0 Å². The van der Waals surface area contributed by atoms with Gasteiger partial charge in [-0.15, -0.1) is 0 Å². The lowest BCUT2D eigenvalue weighted by Crippen LogP contribution is -2.03. The zero-order valence-corrected chi connectivity index (χ0v) is 11.6. The minimum atomic E-state index is -0.374. The zero-order chi connectivity index (χ0) is 14.6. The molecule has 0 atom stereocenters. The number of benzene rings is 1. The summed E-state index contributed by atoms with van der Waals surface area (Å²) >= 11 is 0. The number of aromatic nitrogens is 2. The first-order valence-corrected chi connectivity index (χ1v) is 6.96. The summed E-state index contributed by atoms with van der Waals surface area (Å²) in [5.41, 5.74) is 7.64. The third kappa shape index (κ3) is 1.96. The summed E-state index contributed by atoms with van der Waals surface area (Å²) in [4.78, 5) is 8.93. The fourth-order valence-electron chi connectivity index (χ4n) is 2.46. The molecule has 0 amide bonds. The Kier molecular flexibility index (Phi) is 2.51. The molecule has 0 unspecified atom stereocenters. The van der Waals surface area contributed by atoms with E-state index in [9.17, 15) is 4.39 Å². The molecule has 1 saturated carbocycles. The molecule has 106 valence electrons. The van der Waals surface area contributed by atoms with Crippen LogP contribution < -0.4 is 5.73 Å². The molecule has 1 fully saturated rings. The molecule has 1 aliphatic carbocycles. The number of hydrogen-bond donors (Lipinski definition) is 1. The van der Waals surface area contributed by atoms with Gasteiger partial charge >= 0.3 is 0 Å². The van der Waals surface area contributed by atoms with E-state index in [2.05, 4.69) is 9.97 Å². The van der Waals surface area contributed by atoms with Crippen molar-refractivity contribution in [3.05, 3.63) is 41.5 Å². The van der Waals surface area contributed by atoms with E-state index in [0.29, 0.717) is 23.2 Å². The number of fused-ring (bicyclic) bond motifs is 1. The molecule has 3 aromatic rings.